The number of dihydropyridines is 1. The molecule has 4 heteroatoms. The minimum atomic E-state index is -0.651. The van der Waals surface area contributed by atoms with Gasteiger partial charge in [-0.25, -0.2) is 4.79 Å². The molecule has 1 heterocycles. The molecule has 2 aromatic carbocycles. The number of hydrogen-bond acceptors (Lipinski definition) is 4. The molecule has 2 aromatic rings. The Morgan fingerprint density at radius 1 is 0.971 bits per heavy atom. The average Bonchev–Trinajstić information content (AvgIpc) is 2.72. The highest BCUT2D eigenvalue weighted by Crippen LogP contribution is 2.42. The second kappa shape index (κ2) is 9.89. The molecule has 0 saturated carbocycles. The Hall–Kier alpha value is -3.32. The third-order valence-electron chi connectivity index (χ3n) is 5.61. The van der Waals surface area contributed by atoms with Gasteiger partial charge in [0.15, 0.2) is 0 Å². The van der Waals surface area contributed by atoms with E-state index in [-0.39, 0.29) is 11.4 Å². The number of esters is 1. The number of ether oxygens (including phenoxy) is 1. The summed E-state index contributed by atoms with van der Waals surface area (Å²) in [5, 5.41) is 13.9. The minimum absolute atomic E-state index is 0.0382. The van der Waals surface area contributed by atoms with E-state index in [1.807, 2.05) is 70.2 Å². The van der Waals surface area contributed by atoms with E-state index < -0.39 is 11.5 Å². The van der Waals surface area contributed by atoms with Crippen molar-refractivity contribution in [3.63, 3.8) is 0 Å². The third-order valence-corrected chi connectivity index (χ3v) is 5.61. The zero-order chi connectivity index (χ0) is 25.1. The summed E-state index contributed by atoms with van der Waals surface area (Å²) in [4.78, 5) is 13.7. The first-order valence-electron chi connectivity index (χ1n) is 11.8. The van der Waals surface area contributed by atoms with Gasteiger partial charge >= 0.3 is 5.97 Å². The van der Waals surface area contributed by atoms with E-state index in [1.165, 1.54) is 0 Å². The van der Waals surface area contributed by atoms with Gasteiger partial charge < -0.3 is 10.1 Å². The van der Waals surface area contributed by atoms with Crippen LogP contribution >= 0.6 is 0 Å². The van der Waals surface area contributed by atoms with Gasteiger partial charge in [0.2, 0.25) is 0 Å². The molecule has 34 heavy (non-hydrogen) atoms. The number of nitriles is 1. The first-order chi connectivity index (χ1) is 15.9. The van der Waals surface area contributed by atoms with Crippen molar-refractivity contribution >= 4 is 5.97 Å². The van der Waals surface area contributed by atoms with Crippen molar-refractivity contribution in [3.8, 4) is 6.07 Å². The van der Waals surface area contributed by atoms with E-state index in [4.69, 9.17) is 4.74 Å². The lowest BCUT2D eigenvalue weighted by Gasteiger charge is -2.34. The predicted molar refractivity (Wildman–Crippen MR) is 137 cm³/mol. The molecule has 1 aliphatic rings. The van der Waals surface area contributed by atoms with Crippen LogP contribution in [0.5, 0.6) is 0 Å². The molecule has 4 nitrogen and oxygen atoms in total. The molecular weight excluding hydrogens is 420 g/mol. The van der Waals surface area contributed by atoms with Crippen LogP contribution in [0, 0.1) is 23.7 Å². The monoisotopic (exact) mass is 456 g/mol. The van der Waals surface area contributed by atoms with Crippen molar-refractivity contribution in [3.05, 3.63) is 93.8 Å². The molecule has 0 spiro atoms. The van der Waals surface area contributed by atoms with Crippen LogP contribution in [-0.4, -0.2) is 11.6 Å². The smallest absolute Gasteiger partial charge is 0.337 e. The van der Waals surface area contributed by atoms with E-state index in [0.29, 0.717) is 24.0 Å². The number of hydrogen-bond donors (Lipinski definition) is 1. The van der Waals surface area contributed by atoms with Crippen LogP contribution in [0.3, 0.4) is 0 Å². The zero-order valence-electron chi connectivity index (χ0n) is 21.5. The summed E-state index contributed by atoms with van der Waals surface area (Å²) in [6.45, 7) is 14.1. The summed E-state index contributed by atoms with van der Waals surface area (Å²) < 4.78 is 5.88. The minimum Gasteiger partial charge on any atom is -0.457 e. The van der Waals surface area contributed by atoms with Crippen LogP contribution in [-0.2, 0) is 16.0 Å². The maximum atomic E-state index is 13.7. The molecule has 0 fully saturated rings. The maximum Gasteiger partial charge on any atom is 0.337 e. The van der Waals surface area contributed by atoms with Gasteiger partial charge in [0, 0.05) is 17.8 Å². The third kappa shape index (κ3) is 6.38. The number of allylic oxidation sites excluding steroid dienone is 3. The summed E-state index contributed by atoms with van der Waals surface area (Å²) in [6, 6.07) is 20.6. The SMILES string of the molecule is Cc1ccc(C2C(C#N)=C(CC(C)(C)C)NC(Cc3ccccc3)=C2C(=O)OC(C)(C)C)cc1. The van der Waals surface area contributed by atoms with Crippen molar-refractivity contribution in [1.82, 2.24) is 5.32 Å². The molecule has 3 rings (SSSR count). The Morgan fingerprint density at radius 2 is 1.59 bits per heavy atom. The molecule has 0 saturated heterocycles. The van der Waals surface area contributed by atoms with Gasteiger partial charge in [-0.1, -0.05) is 80.9 Å². The van der Waals surface area contributed by atoms with Crippen molar-refractivity contribution in [1.29, 1.82) is 5.26 Å². The molecule has 178 valence electrons. The molecule has 1 N–H and O–H groups in total. The number of aryl methyl sites for hydroxylation is 1. The van der Waals surface area contributed by atoms with E-state index in [2.05, 4.69) is 44.3 Å². The Bertz CT molecular complexity index is 1140. The second-order valence-corrected chi connectivity index (χ2v) is 11.3. The zero-order valence-corrected chi connectivity index (χ0v) is 21.5. The highest BCUT2D eigenvalue weighted by atomic mass is 16.6. The summed E-state index contributed by atoms with van der Waals surface area (Å²) in [5.74, 6) is -0.878. The Kier molecular flexibility index (Phi) is 7.36. The van der Waals surface area contributed by atoms with E-state index in [0.717, 1.165) is 28.1 Å². The van der Waals surface area contributed by atoms with Gasteiger partial charge in [0.05, 0.1) is 23.1 Å². The average molecular weight is 457 g/mol. The number of carbonyl (C=O) groups is 1. The van der Waals surface area contributed by atoms with Crippen molar-refractivity contribution in [2.75, 3.05) is 0 Å². The topological polar surface area (TPSA) is 62.1 Å². The maximum absolute atomic E-state index is 13.7. The number of carbonyl (C=O) groups excluding carboxylic acids is 1. The van der Waals surface area contributed by atoms with Crippen LogP contribution < -0.4 is 5.32 Å². The highest BCUT2D eigenvalue weighted by Gasteiger charge is 2.38. The molecule has 1 unspecified atom stereocenters. The predicted octanol–water partition coefficient (Wildman–Crippen LogP) is 6.73. The first kappa shape index (κ1) is 25.3. The molecule has 0 bridgehead atoms. The lowest BCUT2D eigenvalue weighted by molar-refractivity contribution is -0.150. The standard InChI is InChI=1S/C30H36N2O2/c1-20-13-15-22(16-14-20)26-23(19-31)25(18-29(2,3)4)32-24(17-21-11-9-8-10-12-21)27(26)28(33)34-30(5,6)7/h8-16,26,32H,17-18H2,1-7H3. The Labute approximate surface area is 204 Å². The van der Waals surface area contributed by atoms with Crippen LogP contribution in [0.1, 0.15) is 70.6 Å². The van der Waals surface area contributed by atoms with Gasteiger partial charge in [-0.05, 0) is 50.7 Å². The molecule has 0 aliphatic carbocycles. The quantitative estimate of drug-likeness (QED) is 0.507. The van der Waals surface area contributed by atoms with Crippen molar-refractivity contribution in [2.45, 2.75) is 72.8 Å². The Balaban J connectivity index is 2.25. The molecule has 0 aromatic heterocycles. The van der Waals surface area contributed by atoms with Crippen molar-refractivity contribution in [2.24, 2.45) is 5.41 Å². The van der Waals surface area contributed by atoms with Crippen LogP contribution in [0.4, 0.5) is 0 Å². The van der Waals surface area contributed by atoms with Gasteiger partial charge in [-0.15, -0.1) is 0 Å². The first-order valence-corrected chi connectivity index (χ1v) is 11.8. The molecular formula is C30H36N2O2. The van der Waals surface area contributed by atoms with Gasteiger partial charge in [0.25, 0.3) is 0 Å². The number of nitrogens with zero attached hydrogens (tertiary/aromatic N) is 1. The number of rotatable bonds is 5. The second-order valence-electron chi connectivity index (χ2n) is 11.3. The fourth-order valence-electron chi connectivity index (χ4n) is 4.22. The summed E-state index contributed by atoms with van der Waals surface area (Å²) in [6.07, 6.45) is 1.24. The van der Waals surface area contributed by atoms with E-state index in [9.17, 15) is 10.1 Å². The normalized spacial score (nSPS) is 16.7. The van der Waals surface area contributed by atoms with Crippen LogP contribution in [0.25, 0.3) is 0 Å². The lowest BCUT2D eigenvalue weighted by Crippen LogP contribution is -2.35. The number of nitrogens with one attached hydrogen (secondary N) is 1. The largest absolute Gasteiger partial charge is 0.457 e. The molecule has 0 amide bonds. The Morgan fingerprint density at radius 3 is 2.12 bits per heavy atom. The molecule has 0 radical (unpaired) electrons. The lowest BCUT2D eigenvalue weighted by atomic mass is 9.77. The van der Waals surface area contributed by atoms with Gasteiger partial charge in [-0.3, -0.25) is 0 Å². The van der Waals surface area contributed by atoms with Crippen molar-refractivity contribution < 1.29 is 9.53 Å². The van der Waals surface area contributed by atoms with Gasteiger partial charge in [-0.2, -0.15) is 5.26 Å². The van der Waals surface area contributed by atoms with Gasteiger partial charge in [0.1, 0.15) is 5.60 Å². The molecule has 1 atom stereocenters. The molecule has 1 aliphatic heterocycles. The van der Waals surface area contributed by atoms with E-state index >= 15 is 0 Å². The van der Waals surface area contributed by atoms with Crippen LogP contribution in [0.15, 0.2) is 77.1 Å². The summed E-state index contributed by atoms with van der Waals surface area (Å²) >= 11 is 0. The summed E-state index contributed by atoms with van der Waals surface area (Å²) in [5.41, 5.74) is 5.20. The fraction of sp³-hybridized carbons (Fsp3) is 0.400. The van der Waals surface area contributed by atoms with Crippen LogP contribution in [0.2, 0.25) is 0 Å². The number of benzene rings is 2. The fourth-order valence-corrected chi connectivity index (χ4v) is 4.22. The van der Waals surface area contributed by atoms with E-state index in [1.54, 1.807) is 0 Å². The summed E-state index contributed by atoms with van der Waals surface area (Å²) in [7, 11) is 0. The highest BCUT2D eigenvalue weighted by molar-refractivity contribution is 5.93.